The SMILES string of the molecule is CCN(CC)C(=O)CSCC(=O)NC(C)c1ccc(Br)cc1. The molecule has 1 atom stereocenters. The molecule has 0 aliphatic heterocycles. The second kappa shape index (κ2) is 9.90. The van der Waals surface area contributed by atoms with Crippen molar-refractivity contribution in [1.82, 2.24) is 10.2 Å². The van der Waals surface area contributed by atoms with E-state index < -0.39 is 0 Å². The van der Waals surface area contributed by atoms with Gasteiger partial charge in [0.1, 0.15) is 0 Å². The van der Waals surface area contributed by atoms with Gasteiger partial charge < -0.3 is 10.2 Å². The van der Waals surface area contributed by atoms with Gasteiger partial charge in [0, 0.05) is 17.6 Å². The van der Waals surface area contributed by atoms with Gasteiger partial charge in [0.2, 0.25) is 11.8 Å². The van der Waals surface area contributed by atoms with E-state index in [1.165, 1.54) is 11.8 Å². The molecule has 1 N–H and O–H groups in total. The Morgan fingerprint density at radius 3 is 2.32 bits per heavy atom. The van der Waals surface area contributed by atoms with Gasteiger partial charge in [-0.15, -0.1) is 11.8 Å². The number of hydrogen-bond donors (Lipinski definition) is 1. The van der Waals surface area contributed by atoms with E-state index in [1.807, 2.05) is 45.0 Å². The Kier molecular flexibility index (Phi) is 8.56. The number of hydrogen-bond acceptors (Lipinski definition) is 3. The van der Waals surface area contributed by atoms with Crippen molar-refractivity contribution in [2.75, 3.05) is 24.6 Å². The van der Waals surface area contributed by atoms with Gasteiger partial charge in [0.15, 0.2) is 0 Å². The standard InChI is InChI=1S/C16H23BrN2O2S/c1-4-19(5-2)16(21)11-22-10-15(20)18-12(3)13-6-8-14(17)9-7-13/h6-9,12H,4-5,10-11H2,1-3H3,(H,18,20). The van der Waals surface area contributed by atoms with Crippen LogP contribution in [0.3, 0.4) is 0 Å². The molecule has 0 fully saturated rings. The van der Waals surface area contributed by atoms with E-state index in [-0.39, 0.29) is 17.9 Å². The van der Waals surface area contributed by atoms with Crippen LogP contribution in [-0.4, -0.2) is 41.3 Å². The van der Waals surface area contributed by atoms with E-state index in [4.69, 9.17) is 0 Å². The van der Waals surface area contributed by atoms with Crippen molar-refractivity contribution in [1.29, 1.82) is 0 Å². The molecule has 0 aliphatic rings. The Morgan fingerprint density at radius 2 is 1.77 bits per heavy atom. The van der Waals surface area contributed by atoms with Crippen molar-refractivity contribution in [2.45, 2.75) is 26.8 Å². The average Bonchev–Trinajstić information content (AvgIpc) is 2.49. The lowest BCUT2D eigenvalue weighted by Crippen LogP contribution is -2.33. The summed E-state index contributed by atoms with van der Waals surface area (Å²) in [6.07, 6.45) is 0. The number of nitrogens with one attached hydrogen (secondary N) is 1. The van der Waals surface area contributed by atoms with Crippen molar-refractivity contribution >= 4 is 39.5 Å². The molecule has 4 nitrogen and oxygen atoms in total. The Bertz CT molecular complexity index is 489. The monoisotopic (exact) mass is 386 g/mol. The molecule has 1 unspecified atom stereocenters. The number of benzene rings is 1. The first kappa shape index (κ1) is 19.0. The number of rotatable bonds is 8. The minimum Gasteiger partial charge on any atom is -0.349 e. The maximum atomic E-state index is 11.9. The molecular weight excluding hydrogens is 364 g/mol. The summed E-state index contributed by atoms with van der Waals surface area (Å²) in [5.74, 6) is 0.687. The first-order valence-corrected chi connectivity index (χ1v) is 9.33. The normalized spacial score (nSPS) is 11.8. The third-order valence-electron chi connectivity index (χ3n) is 3.32. The predicted molar refractivity (Wildman–Crippen MR) is 96.0 cm³/mol. The summed E-state index contributed by atoms with van der Waals surface area (Å²) in [6.45, 7) is 7.29. The van der Waals surface area contributed by atoms with Crippen LogP contribution in [0.15, 0.2) is 28.7 Å². The summed E-state index contributed by atoms with van der Waals surface area (Å²) in [4.78, 5) is 25.5. The molecule has 0 saturated carbocycles. The lowest BCUT2D eigenvalue weighted by atomic mass is 10.1. The van der Waals surface area contributed by atoms with Gasteiger partial charge in [-0.3, -0.25) is 9.59 Å². The maximum Gasteiger partial charge on any atom is 0.232 e. The molecule has 22 heavy (non-hydrogen) atoms. The highest BCUT2D eigenvalue weighted by atomic mass is 79.9. The lowest BCUT2D eigenvalue weighted by Gasteiger charge is -2.18. The predicted octanol–water partition coefficient (Wildman–Crippen LogP) is 3.23. The molecule has 0 radical (unpaired) electrons. The number of thioether (sulfide) groups is 1. The molecule has 0 bridgehead atoms. The number of carbonyl (C=O) groups is 2. The second-order valence-electron chi connectivity index (χ2n) is 4.90. The highest BCUT2D eigenvalue weighted by molar-refractivity contribution is 9.10. The van der Waals surface area contributed by atoms with E-state index >= 15 is 0 Å². The van der Waals surface area contributed by atoms with Gasteiger partial charge in [0.05, 0.1) is 17.5 Å². The largest absolute Gasteiger partial charge is 0.349 e. The maximum absolute atomic E-state index is 11.9. The first-order chi connectivity index (χ1) is 10.5. The van der Waals surface area contributed by atoms with Gasteiger partial charge >= 0.3 is 0 Å². The highest BCUT2D eigenvalue weighted by Crippen LogP contribution is 2.16. The smallest absolute Gasteiger partial charge is 0.232 e. The Morgan fingerprint density at radius 1 is 1.18 bits per heavy atom. The molecule has 0 aromatic heterocycles. The summed E-state index contributed by atoms with van der Waals surface area (Å²) >= 11 is 4.75. The van der Waals surface area contributed by atoms with Crippen molar-refractivity contribution < 1.29 is 9.59 Å². The fraction of sp³-hybridized carbons (Fsp3) is 0.500. The van der Waals surface area contributed by atoms with Crippen LogP contribution in [-0.2, 0) is 9.59 Å². The number of nitrogens with zero attached hydrogens (tertiary/aromatic N) is 1. The first-order valence-electron chi connectivity index (χ1n) is 7.38. The van der Waals surface area contributed by atoms with Crippen LogP contribution in [0, 0.1) is 0 Å². The minimum absolute atomic E-state index is 0.0420. The van der Waals surface area contributed by atoms with Crippen LogP contribution in [0.4, 0.5) is 0 Å². The number of carbonyl (C=O) groups excluding carboxylic acids is 2. The summed E-state index contributed by atoms with van der Waals surface area (Å²) in [6, 6.07) is 7.82. The van der Waals surface area contributed by atoms with E-state index in [9.17, 15) is 9.59 Å². The van der Waals surface area contributed by atoms with Gasteiger partial charge in [-0.05, 0) is 38.5 Å². The summed E-state index contributed by atoms with van der Waals surface area (Å²) in [5, 5.41) is 2.95. The fourth-order valence-electron chi connectivity index (χ4n) is 2.02. The van der Waals surface area contributed by atoms with Gasteiger partial charge in [0.25, 0.3) is 0 Å². The van der Waals surface area contributed by atoms with Crippen LogP contribution < -0.4 is 5.32 Å². The summed E-state index contributed by atoms with van der Waals surface area (Å²) < 4.78 is 1.01. The zero-order valence-corrected chi connectivity index (χ0v) is 15.7. The van der Waals surface area contributed by atoms with Gasteiger partial charge in [-0.25, -0.2) is 0 Å². The Labute approximate surface area is 145 Å². The molecule has 0 spiro atoms. The van der Waals surface area contributed by atoms with Crippen LogP contribution in [0.2, 0.25) is 0 Å². The molecule has 122 valence electrons. The summed E-state index contributed by atoms with van der Waals surface area (Å²) in [7, 11) is 0. The third-order valence-corrected chi connectivity index (χ3v) is 4.77. The average molecular weight is 387 g/mol. The third kappa shape index (κ3) is 6.40. The van der Waals surface area contributed by atoms with E-state index in [0.717, 1.165) is 10.0 Å². The van der Waals surface area contributed by atoms with Crippen molar-refractivity contribution in [2.24, 2.45) is 0 Å². The van der Waals surface area contributed by atoms with E-state index in [2.05, 4.69) is 21.2 Å². The number of halogens is 1. The van der Waals surface area contributed by atoms with Crippen LogP contribution in [0.5, 0.6) is 0 Å². The Hall–Kier alpha value is -1.01. The molecule has 1 aromatic carbocycles. The zero-order chi connectivity index (χ0) is 16.5. The van der Waals surface area contributed by atoms with Gasteiger partial charge in [-0.2, -0.15) is 0 Å². The van der Waals surface area contributed by atoms with Crippen molar-refractivity contribution in [3.63, 3.8) is 0 Å². The molecule has 0 saturated heterocycles. The quantitative estimate of drug-likeness (QED) is 0.745. The molecule has 2 amide bonds. The van der Waals surface area contributed by atoms with E-state index in [0.29, 0.717) is 24.6 Å². The lowest BCUT2D eigenvalue weighted by molar-refractivity contribution is -0.127. The highest BCUT2D eigenvalue weighted by Gasteiger charge is 2.12. The van der Waals surface area contributed by atoms with Crippen LogP contribution in [0.1, 0.15) is 32.4 Å². The van der Waals surface area contributed by atoms with Crippen molar-refractivity contribution in [3.05, 3.63) is 34.3 Å². The molecular formula is C16H23BrN2O2S. The fourth-order valence-corrected chi connectivity index (χ4v) is 3.01. The Balaban J connectivity index is 2.34. The topological polar surface area (TPSA) is 49.4 Å². The van der Waals surface area contributed by atoms with Crippen LogP contribution >= 0.6 is 27.7 Å². The van der Waals surface area contributed by atoms with E-state index in [1.54, 1.807) is 4.90 Å². The molecule has 1 rings (SSSR count). The molecule has 0 heterocycles. The minimum atomic E-state index is -0.0484. The molecule has 0 aliphatic carbocycles. The van der Waals surface area contributed by atoms with Crippen LogP contribution in [0.25, 0.3) is 0 Å². The van der Waals surface area contributed by atoms with Crippen molar-refractivity contribution in [3.8, 4) is 0 Å². The molecule has 1 aromatic rings. The zero-order valence-electron chi connectivity index (χ0n) is 13.3. The molecule has 6 heteroatoms. The second-order valence-corrected chi connectivity index (χ2v) is 6.80. The number of amides is 2. The van der Waals surface area contributed by atoms with Gasteiger partial charge in [-0.1, -0.05) is 28.1 Å². The summed E-state index contributed by atoms with van der Waals surface area (Å²) in [5.41, 5.74) is 1.06.